The van der Waals surface area contributed by atoms with Crippen LogP contribution in [0.2, 0.25) is 0 Å². The Morgan fingerprint density at radius 3 is 2.53 bits per heavy atom. The highest BCUT2D eigenvalue weighted by Gasteiger charge is 2.52. The summed E-state index contributed by atoms with van der Waals surface area (Å²) in [6, 6.07) is 6.11. The van der Waals surface area contributed by atoms with Crippen molar-refractivity contribution in [1.82, 2.24) is 0 Å². The van der Waals surface area contributed by atoms with Gasteiger partial charge in [-0.25, -0.2) is 4.39 Å². The third kappa shape index (κ3) is 2.78. The minimum absolute atomic E-state index is 0.0317. The fraction of sp³-hybridized carbons (Fsp3) is 0.533. The molecule has 0 amide bonds. The van der Waals surface area contributed by atoms with E-state index in [1.54, 1.807) is 12.1 Å². The van der Waals surface area contributed by atoms with E-state index in [4.69, 9.17) is 10.5 Å². The largest absolute Gasteiger partial charge is 0.459 e. The van der Waals surface area contributed by atoms with Gasteiger partial charge in [0, 0.05) is 6.04 Å². The Morgan fingerprint density at radius 1 is 1.42 bits per heavy atom. The molecule has 4 heteroatoms. The first kappa shape index (κ1) is 14.0. The lowest BCUT2D eigenvalue weighted by atomic mass is 9.61. The predicted molar refractivity (Wildman–Crippen MR) is 71.1 cm³/mol. The summed E-state index contributed by atoms with van der Waals surface area (Å²) in [5, 5.41) is 0. The highest BCUT2D eigenvalue weighted by molar-refractivity contribution is 5.85. The zero-order chi connectivity index (χ0) is 14.3. The third-order valence-electron chi connectivity index (χ3n) is 3.39. The van der Waals surface area contributed by atoms with Gasteiger partial charge < -0.3 is 10.5 Å². The number of carbonyl (C=O) groups excluding carboxylic acids is 1. The van der Waals surface area contributed by atoms with Gasteiger partial charge in [0.15, 0.2) is 0 Å². The normalized spacial score (nSPS) is 26.7. The van der Waals surface area contributed by atoms with E-state index in [-0.39, 0.29) is 17.8 Å². The molecule has 1 aliphatic rings. The quantitative estimate of drug-likeness (QED) is 0.836. The number of nitrogens with two attached hydrogens (primary N) is 1. The Labute approximate surface area is 112 Å². The number of ether oxygens (including phenoxy) is 1. The van der Waals surface area contributed by atoms with Crippen molar-refractivity contribution in [3.05, 3.63) is 35.6 Å². The number of hydrogen-bond acceptors (Lipinski definition) is 3. The molecule has 2 rings (SSSR count). The first-order chi connectivity index (χ1) is 8.73. The SMILES string of the molecule is CC(C)(C)OC(=O)C1(c2cccc(F)c2)CC(N)C1. The lowest BCUT2D eigenvalue weighted by molar-refractivity contribution is -0.166. The van der Waals surface area contributed by atoms with Crippen molar-refractivity contribution in [2.75, 3.05) is 0 Å². The second-order valence-electron chi connectivity index (χ2n) is 6.26. The van der Waals surface area contributed by atoms with Crippen LogP contribution in [0.3, 0.4) is 0 Å². The average Bonchev–Trinajstić information content (AvgIpc) is 2.21. The fourth-order valence-corrected chi connectivity index (χ4v) is 2.52. The van der Waals surface area contributed by atoms with Gasteiger partial charge in [-0.15, -0.1) is 0 Å². The summed E-state index contributed by atoms with van der Waals surface area (Å²) >= 11 is 0. The molecule has 3 nitrogen and oxygen atoms in total. The molecule has 104 valence electrons. The molecular weight excluding hydrogens is 245 g/mol. The van der Waals surface area contributed by atoms with E-state index in [2.05, 4.69) is 0 Å². The van der Waals surface area contributed by atoms with Crippen LogP contribution < -0.4 is 5.73 Å². The average molecular weight is 265 g/mol. The highest BCUT2D eigenvalue weighted by atomic mass is 19.1. The minimum Gasteiger partial charge on any atom is -0.459 e. The molecule has 2 N–H and O–H groups in total. The molecule has 0 saturated heterocycles. The van der Waals surface area contributed by atoms with Crippen LogP contribution in [0.4, 0.5) is 4.39 Å². The minimum atomic E-state index is -0.783. The topological polar surface area (TPSA) is 52.3 Å². The summed E-state index contributed by atoms with van der Waals surface area (Å²) in [5.41, 5.74) is 5.14. The molecule has 0 unspecified atom stereocenters. The van der Waals surface area contributed by atoms with Crippen molar-refractivity contribution >= 4 is 5.97 Å². The van der Waals surface area contributed by atoms with Crippen LogP contribution in [0, 0.1) is 5.82 Å². The van der Waals surface area contributed by atoms with Gasteiger partial charge in [0.25, 0.3) is 0 Å². The lowest BCUT2D eigenvalue weighted by Crippen LogP contribution is -2.55. The molecule has 0 atom stereocenters. The molecule has 0 spiro atoms. The second-order valence-corrected chi connectivity index (χ2v) is 6.26. The van der Waals surface area contributed by atoms with Crippen molar-refractivity contribution in [2.45, 2.75) is 50.7 Å². The molecule has 0 radical (unpaired) electrons. The number of hydrogen-bond donors (Lipinski definition) is 1. The van der Waals surface area contributed by atoms with Gasteiger partial charge in [-0.2, -0.15) is 0 Å². The number of carbonyl (C=O) groups is 1. The van der Waals surface area contributed by atoms with E-state index in [0.29, 0.717) is 18.4 Å². The molecule has 19 heavy (non-hydrogen) atoms. The Morgan fingerprint density at radius 2 is 2.05 bits per heavy atom. The number of esters is 1. The summed E-state index contributed by atoms with van der Waals surface area (Å²) in [5.74, 6) is -0.659. The molecule has 0 aromatic heterocycles. The Balaban J connectivity index is 2.31. The van der Waals surface area contributed by atoms with E-state index in [1.807, 2.05) is 20.8 Å². The number of rotatable bonds is 2. The third-order valence-corrected chi connectivity index (χ3v) is 3.39. The van der Waals surface area contributed by atoms with Crippen LogP contribution in [0.1, 0.15) is 39.2 Å². The van der Waals surface area contributed by atoms with Crippen molar-refractivity contribution in [1.29, 1.82) is 0 Å². The van der Waals surface area contributed by atoms with Crippen molar-refractivity contribution in [3.8, 4) is 0 Å². The summed E-state index contributed by atoms with van der Waals surface area (Å²) < 4.78 is 18.8. The van der Waals surface area contributed by atoms with E-state index in [0.717, 1.165) is 0 Å². The summed E-state index contributed by atoms with van der Waals surface area (Å²) in [6.07, 6.45) is 1.01. The molecule has 1 aromatic carbocycles. The molecule has 1 fully saturated rings. The van der Waals surface area contributed by atoms with E-state index in [1.165, 1.54) is 12.1 Å². The lowest BCUT2D eigenvalue weighted by Gasteiger charge is -2.45. The second kappa shape index (κ2) is 4.60. The maximum Gasteiger partial charge on any atom is 0.317 e. The summed E-state index contributed by atoms with van der Waals surface area (Å²) in [4.78, 5) is 12.4. The van der Waals surface area contributed by atoms with Crippen molar-refractivity contribution in [2.24, 2.45) is 5.73 Å². The molecular formula is C15H20FNO2. The molecule has 0 aliphatic heterocycles. The van der Waals surface area contributed by atoms with E-state index in [9.17, 15) is 9.18 Å². The fourth-order valence-electron chi connectivity index (χ4n) is 2.52. The van der Waals surface area contributed by atoms with Gasteiger partial charge >= 0.3 is 5.97 Å². The Kier molecular flexibility index (Phi) is 3.39. The smallest absolute Gasteiger partial charge is 0.317 e. The van der Waals surface area contributed by atoms with Gasteiger partial charge in [0.1, 0.15) is 11.4 Å². The molecule has 1 aromatic rings. The summed E-state index contributed by atoms with van der Waals surface area (Å²) in [7, 11) is 0. The monoisotopic (exact) mass is 265 g/mol. The van der Waals surface area contributed by atoms with Crippen LogP contribution >= 0.6 is 0 Å². The van der Waals surface area contributed by atoms with E-state index >= 15 is 0 Å². The van der Waals surface area contributed by atoms with Crippen molar-refractivity contribution in [3.63, 3.8) is 0 Å². The first-order valence-corrected chi connectivity index (χ1v) is 6.48. The highest BCUT2D eigenvalue weighted by Crippen LogP contribution is 2.45. The molecule has 1 aliphatic carbocycles. The Bertz CT molecular complexity index is 487. The zero-order valence-electron chi connectivity index (χ0n) is 11.6. The standard InChI is InChI=1S/C15H20FNO2/c1-14(2,3)19-13(18)15(8-12(17)9-15)10-5-4-6-11(16)7-10/h4-7,12H,8-9,17H2,1-3H3. The van der Waals surface area contributed by atoms with Gasteiger partial charge in [-0.3, -0.25) is 4.79 Å². The van der Waals surface area contributed by atoms with Gasteiger partial charge in [-0.05, 0) is 51.3 Å². The first-order valence-electron chi connectivity index (χ1n) is 6.48. The van der Waals surface area contributed by atoms with Crippen LogP contribution in [0.25, 0.3) is 0 Å². The zero-order valence-corrected chi connectivity index (χ0v) is 11.6. The predicted octanol–water partition coefficient (Wildman–Crippen LogP) is 2.53. The molecule has 0 bridgehead atoms. The van der Waals surface area contributed by atoms with Crippen LogP contribution in [-0.2, 0) is 14.9 Å². The van der Waals surface area contributed by atoms with Gasteiger partial charge in [0.05, 0.1) is 5.41 Å². The number of benzene rings is 1. The maximum atomic E-state index is 13.4. The van der Waals surface area contributed by atoms with Crippen LogP contribution in [-0.4, -0.2) is 17.6 Å². The van der Waals surface area contributed by atoms with Crippen molar-refractivity contribution < 1.29 is 13.9 Å². The van der Waals surface area contributed by atoms with Crippen LogP contribution in [0.15, 0.2) is 24.3 Å². The number of halogens is 1. The van der Waals surface area contributed by atoms with Gasteiger partial charge in [0.2, 0.25) is 0 Å². The van der Waals surface area contributed by atoms with E-state index < -0.39 is 11.0 Å². The summed E-state index contributed by atoms with van der Waals surface area (Å²) in [6.45, 7) is 5.47. The van der Waals surface area contributed by atoms with Crippen LogP contribution in [0.5, 0.6) is 0 Å². The maximum absolute atomic E-state index is 13.4. The molecule has 0 heterocycles. The van der Waals surface area contributed by atoms with Gasteiger partial charge in [-0.1, -0.05) is 12.1 Å². The molecule has 1 saturated carbocycles. The Hall–Kier alpha value is -1.42.